The Morgan fingerprint density at radius 3 is 2.26 bits per heavy atom. The standard InChI is InChI=1S/C23H20N4O3S/c1-16-3-9-19(10-4-16)26-22(18-7-13-21(30-2)14-8-18)24-25-23(26)31-15-17-5-11-20(12-6-17)27(28)29/h3-14H,15H2,1-2H3. The molecule has 0 unspecified atom stereocenters. The van der Waals surface area contributed by atoms with Crippen LogP contribution in [0.1, 0.15) is 11.1 Å². The maximum atomic E-state index is 10.9. The third kappa shape index (κ3) is 4.59. The van der Waals surface area contributed by atoms with Gasteiger partial charge in [0.2, 0.25) is 0 Å². The van der Waals surface area contributed by atoms with Gasteiger partial charge in [-0.25, -0.2) is 0 Å². The molecule has 0 amide bonds. The van der Waals surface area contributed by atoms with E-state index in [1.54, 1.807) is 19.2 Å². The number of aryl methyl sites for hydroxylation is 1. The lowest BCUT2D eigenvalue weighted by atomic mass is 10.2. The zero-order valence-electron chi connectivity index (χ0n) is 17.1. The van der Waals surface area contributed by atoms with Crippen LogP contribution in [0.2, 0.25) is 0 Å². The number of benzene rings is 3. The molecule has 0 fully saturated rings. The predicted octanol–water partition coefficient (Wildman–Crippen LogP) is 5.45. The van der Waals surface area contributed by atoms with Gasteiger partial charge in [-0.05, 0) is 48.9 Å². The fourth-order valence-corrected chi connectivity index (χ4v) is 3.99. The third-order valence-corrected chi connectivity index (χ3v) is 5.79. The number of methoxy groups -OCH3 is 1. The monoisotopic (exact) mass is 432 g/mol. The topological polar surface area (TPSA) is 83.1 Å². The summed E-state index contributed by atoms with van der Waals surface area (Å²) in [5.41, 5.74) is 4.12. The lowest BCUT2D eigenvalue weighted by molar-refractivity contribution is -0.384. The number of rotatable bonds is 7. The molecule has 0 saturated heterocycles. The summed E-state index contributed by atoms with van der Waals surface area (Å²) < 4.78 is 7.29. The molecule has 1 heterocycles. The minimum atomic E-state index is -0.397. The Bertz CT molecular complexity index is 1190. The summed E-state index contributed by atoms with van der Waals surface area (Å²) in [7, 11) is 1.64. The van der Waals surface area contributed by atoms with Crippen molar-refractivity contribution >= 4 is 17.4 Å². The van der Waals surface area contributed by atoms with E-state index in [0.29, 0.717) is 5.75 Å². The van der Waals surface area contributed by atoms with Crippen molar-refractivity contribution in [2.75, 3.05) is 7.11 Å². The van der Waals surface area contributed by atoms with Crippen molar-refractivity contribution in [2.24, 2.45) is 0 Å². The van der Waals surface area contributed by atoms with Crippen molar-refractivity contribution in [3.63, 3.8) is 0 Å². The molecule has 3 aromatic carbocycles. The minimum absolute atomic E-state index is 0.0818. The first-order valence-corrected chi connectivity index (χ1v) is 10.6. The summed E-state index contributed by atoms with van der Waals surface area (Å²) in [6.07, 6.45) is 0. The summed E-state index contributed by atoms with van der Waals surface area (Å²) in [5, 5.41) is 20.5. The van der Waals surface area contributed by atoms with Gasteiger partial charge >= 0.3 is 0 Å². The number of hydrogen-bond donors (Lipinski definition) is 0. The van der Waals surface area contributed by atoms with Gasteiger partial charge in [0.05, 0.1) is 12.0 Å². The Labute approximate surface area is 183 Å². The number of hydrogen-bond acceptors (Lipinski definition) is 6. The Hall–Kier alpha value is -3.65. The number of nitro benzene ring substituents is 1. The highest BCUT2D eigenvalue weighted by Crippen LogP contribution is 2.31. The van der Waals surface area contributed by atoms with Crippen molar-refractivity contribution in [3.8, 4) is 22.8 Å². The molecule has 0 aliphatic rings. The van der Waals surface area contributed by atoms with Crippen molar-refractivity contribution < 1.29 is 9.66 Å². The summed E-state index contributed by atoms with van der Waals surface area (Å²) in [5.74, 6) is 2.13. The number of ether oxygens (including phenoxy) is 1. The van der Waals surface area contributed by atoms with E-state index in [2.05, 4.69) is 22.3 Å². The second kappa shape index (κ2) is 9.01. The molecule has 0 radical (unpaired) electrons. The van der Waals surface area contributed by atoms with Crippen LogP contribution >= 0.6 is 11.8 Å². The molecular formula is C23H20N4O3S. The van der Waals surface area contributed by atoms with E-state index in [9.17, 15) is 10.1 Å². The van der Waals surface area contributed by atoms with Crippen molar-refractivity contribution in [1.29, 1.82) is 0 Å². The first-order valence-electron chi connectivity index (χ1n) is 9.58. The first-order chi connectivity index (χ1) is 15.0. The van der Waals surface area contributed by atoms with Crippen LogP contribution in [-0.2, 0) is 5.75 Å². The van der Waals surface area contributed by atoms with Crippen LogP contribution in [0.5, 0.6) is 5.75 Å². The van der Waals surface area contributed by atoms with Gasteiger partial charge in [-0.2, -0.15) is 0 Å². The molecule has 8 heteroatoms. The molecule has 7 nitrogen and oxygen atoms in total. The molecule has 0 aliphatic carbocycles. The Morgan fingerprint density at radius 1 is 0.968 bits per heavy atom. The normalized spacial score (nSPS) is 10.8. The van der Waals surface area contributed by atoms with Gasteiger partial charge in [-0.3, -0.25) is 14.7 Å². The van der Waals surface area contributed by atoms with Crippen molar-refractivity contribution in [1.82, 2.24) is 14.8 Å². The van der Waals surface area contributed by atoms with Crippen LogP contribution in [0.3, 0.4) is 0 Å². The molecule has 1 aromatic heterocycles. The average molecular weight is 433 g/mol. The third-order valence-electron chi connectivity index (χ3n) is 4.79. The molecular weight excluding hydrogens is 412 g/mol. The minimum Gasteiger partial charge on any atom is -0.497 e. The van der Waals surface area contributed by atoms with E-state index in [0.717, 1.165) is 33.5 Å². The Balaban J connectivity index is 1.67. The zero-order valence-corrected chi connectivity index (χ0v) is 17.9. The van der Waals surface area contributed by atoms with Gasteiger partial charge in [0.15, 0.2) is 11.0 Å². The predicted molar refractivity (Wildman–Crippen MR) is 121 cm³/mol. The Morgan fingerprint density at radius 2 is 1.65 bits per heavy atom. The van der Waals surface area contributed by atoms with Crippen LogP contribution in [0.15, 0.2) is 78.0 Å². The molecule has 0 spiro atoms. The highest BCUT2D eigenvalue weighted by Gasteiger charge is 2.17. The molecule has 0 saturated carbocycles. The van der Waals surface area contributed by atoms with Crippen LogP contribution in [-0.4, -0.2) is 26.8 Å². The Kier molecular flexibility index (Phi) is 5.99. The quantitative estimate of drug-likeness (QED) is 0.219. The molecule has 0 N–H and O–H groups in total. The highest BCUT2D eigenvalue weighted by atomic mass is 32.2. The lowest BCUT2D eigenvalue weighted by Crippen LogP contribution is -2.00. The first kappa shape index (κ1) is 20.6. The molecule has 31 heavy (non-hydrogen) atoms. The number of nitro groups is 1. The van der Waals surface area contributed by atoms with Gasteiger partial charge in [0.1, 0.15) is 5.75 Å². The molecule has 4 aromatic rings. The largest absolute Gasteiger partial charge is 0.497 e. The van der Waals surface area contributed by atoms with E-state index in [1.807, 2.05) is 47.9 Å². The van der Waals surface area contributed by atoms with Gasteiger partial charge in [0.25, 0.3) is 5.69 Å². The van der Waals surface area contributed by atoms with Crippen molar-refractivity contribution in [2.45, 2.75) is 17.8 Å². The smallest absolute Gasteiger partial charge is 0.269 e. The second-order valence-corrected chi connectivity index (χ2v) is 7.86. The van der Waals surface area contributed by atoms with Crippen LogP contribution < -0.4 is 4.74 Å². The summed E-state index contributed by atoms with van der Waals surface area (Å²) >= 11 is 1.53. The van der Waals surface area contributed by atoms with Gasteiger partial charge < -0.3 is 4.74 Å². The lowest BCUT2D eigenvalue weighted by Gasteiger charge is -2.11. The molecule has 156 valence electrons. The molecule has 4 rings (SSSR count). The number of nitrogens with zero attached hydrogens (tertiary/aromatic N) is 4. The van der Waals surface area contributed by atoms with E-state index in [-0.39, 0.29) is 5.69 Å². The van der Waals surface area contributed by atoms with Crippen LogP contribution in [0.25, 0.3) is 17.1 Å². The van der Waals surface area contributed by atoms with Gasteiger partial charge in [0, 0.05) is 29.1 Å². The average Bonchev–Trinajstić information content (AvgIpc) is 3.22. The SMILES string of the molecule is COc1ccc(-c2nnc(SCc3ccc([N+](=O)[O-])cc3)n2-c2ccc(C)cc2)cc1. The summed E-state index contributed by atoms with van der Waals surface area (Å²) in [6.45, 7) is 2.05. The maximum Gasteiger partial charge on any atom is 0.269 e. The van der Waals surface area contributed by atoms with E-state index >= 15 is 0 Å². The van der Waals surface area contributed by atoms with E-state index in [1.165, 1.54) is 29.5 Å². The number of thioether (sulfide) groups is 1. The number of aromatic nitrogens is 3. The summed E-state index contributed by atoms with van der Waals surface area (Å²) in [4.78, 5) is 10.5. The highest BCUT2D eigenvalue weighted by molar-refractivity contribution is 7.98. The maximum absolute atomic E-state index is 10.9. The fourth-order valence-electron chi connectivity index (χ4n) is 3.08. The zero-order chi connectivity index (χ0) is 21.8. The van der Waals surface area contributed by atoms with E-state index in [4.69, 9.17) is 4.74 Å². The molecule has 0 aliphatic heterocycles. The fraction of sp³-hybridized carbons (Fsp3) is 0.130. The van der Waals surface area contributed by atoms with Crippen LogP contribution in [0.4, 0.5) is 5.69 Å². The van der Waals surface area contributed by atoms with Gasteiger partial charge in [-0.15, -0.1) is 10.2 Å². The summed E-state index contributed by atoms with van der Waals surface area (Å²) in [6, 6.07) is 22.5. The number of non-ortho nitro benzene ring substituents is 1. The van der Waals surface area contributed by atoms with Crippen molar-refractivity contribution in [3.05, 3.63) is 94.0 Å². The van der Waals surface area contributed by atoms with E-state index < -0.39 is 4.92 Å². The second-order valence-electron chi connectivity index (χ2n) is 6.92. The van der Waals surface area contributed by atoms with Gasteiger partial charge in [-0.1, -0.05) is 41.6 Å². The molecule has 0 atom stereocenters. The van der Waals surface area contributed by atoms with Crippen LogP contribution in [0, 0.1) is 17.0 Å². The molecule has 0 bridgehead atoms.